The minimum atomic E-state index is -0.933. The zero-order valence-corrected chi connectivity index (χ0v) is 13.7. The van der Waals surface area contributed by atoms with E-state index in [1.54, 1.807) is 26.0 Å². The molecule has 2 atom stereocenters. The first kappa shape index (κ1) is 16.7. The molecule has 2 aromatic rings. The summed E-state index contributed by atoms with van der Waals surface area (Å²) in [5.74, 6) is -1.86. The van der Waals surface area contributed by atoms with Crippen molar-refractivity contribution in [2.24, 2.45) is 5.92 Å². The van der Waals surface area contributed by atoms with Crippen LogP contribution in [0.5, 0.6) is 0 Å². The molecule has 23 heavy (non-hydrogen) atoms. The molecule has 0 spiro atoms. The first-order valence-corrected chi connectivity index (χ1v) is 7.47. The van der Waals surface area contributed by atoms with Gasteiger partial charge in [-0.3, -0.25) is 9.59 Å². The Balaban J connectivity index is 2.12. The molecule has 0 fully saturated rings. The molecule has 6 heteroatoms. The standard InChI is InChI=1S/C17H21N3O3/c1-10-9-11(2)20(19-10)15-7-5-14(6-8-15)16(21)18-13(4)12(3)17(22)23/h5-9,12-13H,1-4H3,(H,18,21)(H,22,23). The van der Waals surface area contributed by atoms with Crippen LogP contribution < -0.4 is 5.32 Å². The Morgan fingerprint density at radius 3 is 2.26 bits per heavy atom. The normalized spacial score (nSPS) is 13.4. The number of rotatable bonds is 5. The summed E-state index contributed by atoms with van der Waals surface area (Å²) >= 11 is 0. The fourth-order valence-electron chi connectivity index (χ4n) is 2.27. The van der Waals surface area contributed by atoms with Gasteiger partial charge in [-0.2, -0.15) is 5.10 Å². The Morgan fingerprint density at radius 2 is 1.78 bits per heavy atom. The fraction of sp³-hybridized carbons (Fsp3) is 0.353. The van der Waals surface area contributed by atoms with Gasteiger partial charge in [0, 0.05) is 17.3 Å². The number of carboxylic acid groups (broad SMARTS) is 1. The maximum absolute atomic E-state index is 12.2. The summed E-state index contributed by atoms with van der Waals surface area (Å²) in [5.41, 5.74) is 3.31. The molecule has 1 amide bonds. The van der Waals surface area contributed by atoms with E-state index in [1.807, 2.05) is 36.7 Å². The van der Waals surface area contributed by atoms with Crippen LogP contribution in [0.1, 0.15) is 35.6 Å². The van der Waals surface area contributed by atoms with E-state index in [0.717, 1.165) is 17.1 Å². The highest BCUT2D eigenvalue weighted by Gasteiger charge is 2.21. The van der Waals surface area contributed by atoms with Crippen LogP contribution in [-0.4, -0.2) is 32.8 Å². The summed E-state index contributed by atoms with van der Waals surface area (Å²) in [7, 11) is 0. The zero-order valence-electron chi connectivity index (χ0n) is 13.7. The van der Waals surface area contributed by atoms with Crippen molar-refractivity contribution in [3.05, 3.63) is 47.3 Å². The van der Waals surface area contributed by atoms with Gasteiger partial charge >= 0.3 is 5.97 Å². The van der Waals surface area contributed by atoms with E-state index in [9.17, 15) is 9.59 Å². The van der Waals surface area contributed by atoms with Crippen molar-refractivity contribution in [1.29, 1.82) is 0 Å². The first-order chi connectivity index (χ1) is 10.8. The maximum Gasteiger partial charge on any atom is 0.308 e. The van der Waals surface area contributed by atoms with Crippen molar-refractivity contribution in [3.8, 4) is 5.69 Å². The number of carbonyl (C=O) groups is 2. The molecule has 0 radical (unpaired) electrons. The van der Waals surface area contributed by atoms with Gasteiger partial charge < -0.3 is 10.4 Å². The van der Waals surface area contributed by atoms with Crippen molar-refractivity contribution in [2.45, 2.75) is 33.7 Å². The summed E-state index contributed by atoms with van der Waals surface area (Å²) in [4.78, 5) is 23.1. The number of benzene rings is 1. The molecule has 0 bridgehead atoms. The van der Waals surface area contributed by atoms with Crippen LogP contribution >= 0.6 is 0 Å². The molecule has 0 aliphatic heterocycles. The molecule has 0 saturated carbocycles. The topological polar surface area (TPSA) is 84.2 Å². The molecule has 2 rings (SSSR count). The molecule has 2 unspecified atom stereocenters. The number of carbonyl (C=O) groups excluding carboxylic acids is 1. The number of hydrogen-bond donors (Lipinski definition) is 2. The summed E-state index contributed by atoms with van der Waals surface area (Å²) < 4.78 is 1.81. The van der Waals surface area contributed by atoms with Crippen LogP contribution in [0.2, 0.25) is 0 Å². The number of amides is 1. The average Bonchev–Trinajstić information content (AvgIpc) is 2.85. The number of nitrogens with zero attached hydrogens (tertiary/aromatic N) is 2. The van der Waals surface area contributed by atoms with E-state index in [1.165, 1.54) is 0 Å². The van der Waals surface area contributed by atoms with Gasteiger partial charge in [0.2, 0.25) is 0 Å². The Morgan fingerprint density at radius 1 is 1.17 bits per heavy atom. The lowest BCUT2D eigenvalue weighted by Gasteiger charge is -2.17. The number of aromatic nitrogens is 2. The van der Waals surface area contributed by atoms with E-state index in [2.05, 4.69) is 10.4 Å². The summed E-state index contributed by atoms with van der Waals surface area (Å²) in [6.07, 6.45) is 0. The number of aryl methyl sites for hydroxylation is 2. The Bertz CT molecular complexity index is 719. The summed E-state index contributed by atoms with van der Waals surface area (Å²) in [6.45, 7) is 7.14. The van der Waals surface area contributed by atoms with E-state index in [-0.39, 0.29) is 5.91 Å². The fourth-order valence-corrected chi connectivity index (χ4v) is 2.27. The molecule has 0 aliphatic rings. The van der Waals surface area contributed by atoms with Gasteiger partial charge in [-0.25, -0.2) is 4.68 Å². The predicted octanol–water partition coefficient (Wildman–Crippen LogP) is 2.33. The number of carboxylic acids is 1. The van der Waals surface area contributed by atoms with Crippen LogP contribution in [0.25, 0.3) is 5.69 Å². The lowest BCUT2D eigenvalue weighted by molar-refractivity contribution is -0.141. The van der Waals surface area contributed by atoms with Crippen molar-refractivity contribution in [2.75, 3.05) is 0 Å². The SMILES string of the molecule is Cc1cc(C)n(-c2ccc(C(=O)NC(C)C(C)C(=O)O)cc2)n1. The van der Waals surface area contributed by atoms with E-state index in [0.29, 0.717) is 5.56 Å². The van der Waals surface area contributed by atoms with Gasteiger partial charge in [-0.1, -0.05) is 0 Å². The molecule has 122 valence electrons. The van der Waals surface area contributed by atoms with Crippen molar-refractivity contribution in [3.63, 3.8) is 0 Å². The third-order valence-electron chi connectivity index (χ3n) is 3.88. The van der Waals surface area contributed by atoms with E-state index >= 15 is 0 Å². The lowest BCUT2D eigenvalue weighted by atomic mass is 10.0. The molecule has 1 aromatic carbocycles. The Kier molecular flexibility index (Phi) is 4.83. The largest absolute Gasteiger partial charge is 0.481 e. The Labute approximate surface area is 135 Å². The molecule has 1 heterocycles. The minimum Gasteiger partial charge on any atom is -0.481 e. The monoisotopic (exact) mass is 315 g/mol. The van der Waals surface area contributed by atoms with E-state index < -0.39 is 17.9 Å². The van der Waals surface area contributed by atoms with Crippen molar-refractivity contribution >= 4 is 11.9 Å². The quantitative estimate of drug-likeness (QED) is 0.887. The highest BCUT2D eigenvalue weighted by molar-refractivity contribution is 5.94. The molecule has 6 nitrogen and oxygen atoms in total. The van der Waals surface area contributed by atoms with Gasteiger partial charge in [-0.05, 0) is 58.0 Å². The maximum atomic E-state index is 12.2. The van der Waals surface area contributed by atoms with Crippen LogP contribution in [0.3, 0.4) is 0 Å². The second kappa shape index (κ2) is 6.64. The molecular weight excluding hydrogens is 294 g/mol. The summed E-state index contributed by atoms with van der Waals surface area (Å²) in [6, 6.07) is 8.59. The second-order valence-corrected chi connectivity index (χ2v) is 5.77. The van der Waals surface area contributed by atoms with Crippen LogP contribution in [0, 0.1) is 19.8 Å². The summed E-state index contributed by atoms with van der Waals surface area (Å²) in [5, 5.41) is 16.1. The van der Waals surface area contributed by atoms with Gasteiger partial charge in [-0.15, -0.1) is 0 Å². The van der Waals surface area contributed by atoms with Crippen LogP contribution in [0.15, 0.2) is 30.3 Å². The molecule has 2 N–H and O–H groups in total. The zero-order chi connectivity index (χ0) is 17.1. The second-order valence-electron chi connectivity index (χ2n) is 5.77. The molecule has 1 aromatic heterocycles. The van der Waals surface area contributed by atoms with Crippen molar-refractivity contribution < 1.29 is 14.7 Å². The van der Waals surface area contributed by atoms with Gasteiger partial charge in [0.15, 0.2) is 0 Å². The van der Waals surface area contributed by atoms with Gasteiger partial charge in [0.1, 0.15) is 0 Å². The van der Waals surface area contributed by atoms with E-state index in [4.69, 9.17) is 5.11 Å². The van der Waals surface area contributed by atoms with Gasteiger partial charge in [0.05, 0.1) is 17.3 Å². The lowest BCUT2D eigenvalue weighted by Crippen LogP contribution is -2.40. The van der Waals surface area contributed by atoms with Crippen LogP contribution in [0.4, 0.5) is 0 Å². The third kappa shape index (κ3) is 3.77. The molecule has 0 saturated heterocycles. The third-order valence-corrected chi connectivity index (χ3v) is 3.88. The highest BCUT2D eigenvalue weighted by atomic mass is 16.4. The number of aliphatic carboxylic acids is 1. The number of hydrogen-bond acceptors (Lipinski definition) is 3. The van der Waals surface area contributed by atoms with Crippen molar-refractivity contribution in [1.82, 2.24) is 15.1 Å². The van der Waals surface area contributed by atoms with Gasteiger partial charge in [0.25, 0.3) is 5.91 Å². The van der Waals surface area contributed by atoms with Crippen LogP contribution in [-0.2, 0) is 4.79 Å². The highest BCUT2D eigenvalue weighted by Crippen LogP contribution is 2.13. The first-order valence-electron chi connectivity index (χ1n) is 7.47. The predicted molar refractivity (Wildman–Crippen MR) is 86.8 cm³/mol. The average molecular weight is 315 g/mol. The molecule has 0 aliphatic carbocycles. The smallest absolute Gasteiger partial charge is 0.308 e. The molecular formula is C17H21N3O3. The number of nitrogens with one attached hydrogen (secondary N) is 1. The Hall–Kier alpha value is -2.63. The minimum absolute atomic E-state index is 0.287.